The smallest absolute Gasteiger partial charge is 0.262 e. The van der Waals surface area contributed by atoms with Crippen molar-refractivity contribution in [2.45, 2.75) is 13.8 Å². The molecule has 0 radical (unpaired) electrons. The van der Waals surface area contributed by atoms with Gasteiger partial charge in [-0.1, -0.05) is 48.0 Å². The number of ether oxygens (including phenoxy) is 1. The predicted molar refractivity (Wildman–Crippen MR) is 127 cm³/mol. The highest BCUT2D eigenvalue weighted by molar-refractivity contribution is 9.10. The molecule has 3 rings (SSSR count). The third-order valence-corrected chi connectivity index (χ3v) is 5.50. The van der Waals surface area contributed by atoms with Crippen molar-refractivity contribution in [3.05, 3.63) is 88.9 Å². The van der Waals surface area contributed by atoms with Crippen molar-refractivity contribution in [3.8, 4) is 5.75 Å². The van der Waals surface area contributed by atoms with Crippen LogP contribution >= 0.6 is 15.9 Å². The second-order valence-corrected chi connectivity index (χ2v) is 7.77. The first-order valence-electron chi connectivity index (χ1n) is 10.2. The second-order valence-electron chi connectivity index (χ2n) is 6.85. The summed E-state index contributed by atoms with van der Waals surface area (Å²) in [7, 11) is 0. The van der Waals surface area contributed by atoms with Gasteiger partial charge >= 0.3 is 0 Å². The molecular formula is C25H27BrN2O2. The SMILES string of the molecule is CCN(CC)CCOc1ccc(N(C(=O)c2ccccc2)c2ccc(Br)cc2)cc1. The van der Waals surface area contributed by atoms with Crippen molar-refractivity contribution in [3.63, 3.8) is 0 Å². The van der Waals surface area contributed by atoms with Gasteiger partial charge < -0.3 is 9.64 Å². The Morgan fingerprint density at radius 3 is 1.97 bits per heavy atom. The zero-order chi connectivity index (χ0) is 21.3. The standard InChI is InChI=1S/C25H27BrN2O2/c1-3-27(4-2)18-19-30-24-16-14-23(15-17-24)28(22-12-10-21(26)11-13-22)25(29)20-8-6-5-7-9-20/h5-17H,3-4,18-19H2,1-2H3. The third kappa shape index (κ3) is 5.71. The minimum atomic E-state index is -0.0758. The van der Waals surface area contributed by atoms with E-state index in [9.17, 15) is 4.79 Å². The first-order valence-corrected chi connectivity index (χ1v) is 11.0. The summed E-state index contributed by atoms with van der Waals surface area (Å²) in [6.07, 6.45) is 0. The van der Waals surface area contributed by atoms with E-state index in [0.717, 1.165) is 41.2 Å². The summed E-state index contributed by atoms with van der Waals surface area (Å²) in [6.45, 7) is 7.87. The average molecular weight is 467 g/mol. The number of carbonyl (C=O) groups is 1. The Morgan fingerprint density at radius 2 is 1.40 bits per heavy atom. The Morgan fingerprint density at radius 1 is 0.833 bits per heavy atom. The minimum absolute atomic E-state index is 0.0758. The van der Waals surface area contributed by atoms with E-state index in [-0.39, 0.29) is 5.91 Å². The summed E-state index contributed by atoms with van der Waals surface area (Å²) < 4.78 is 6.86. The number of likely N-dealkylation sites (N-methyl/N-ethyl adjacent to an activating group) is 1. The molecule has 5 heteroatoms. The van der Waals surface area contributed by atoms with Crippen LogP contribution in [0.1, 0.15) is 24.2 Å². The van der Waals surface area contributed by atoms with Crippen LogP contribution in [0.5, 0.6) is 5.75 Å². The highest BCUT2D eigenvalue weighted by Crippen LogP contribution is 2.30. The van der Waals surface area contributed by atoms with Crippen molar-refractivity contribution in [1.82, 2.24) is 4.90 Å². The highest BCUT2D eigenvalue weighted by atomic mass is 79.9. The van der Waals surface area contributed by atoms with Crippen LogP contribution in [0.2, 0.25) is 0 Å². The van der Waals surface area contributed by atoms with E-state index in [1.807, 2.05) is 78.9 Å². The maximum Gasteiger partial charge on any atom is 0.262 e. The molecule has 0 saturated heterocycles. The molecule has 0 spiro atoms. The lowest BCUT2D eigenvalue weighted by molar-refractivity contribution is 0.0999. The van der Waals surface area contributed by atoms with E-state index in [1.54, 1.807) is 4.90 Å². The molecule has 1 amide bonds. The van der Waals surface area contributed by atoms with Gasteiger partial charge in [-0.2, -0.15) is 0 Å². The molecule has 30 heavy (non-hydrogen) atoms. The molecule has 0 heterocycles. The summed E-state index contributed by atoms with van der Waals surface area (Å²) in [6, 6.07) is 24.7. The Hall–Kier alpha value is -2.63. The van der Waals surface area contributed by atoms with Crippen LogP contribution in [0, 0.1) is 0 Å². The van der Waals surface area contributed by atoms with Gasteiger partial charge in [0.2, 0.25) is 0 Å². The van der Waals surface area contributed by atoms with Crippen molar-refractivity contribution in [1.29, 1.82) is 0 Å². The lowest BCUT2D eigenvalue weighted by atomic mass is 10.1. The van der Waals surface area contributed by atoms with Crippen LogP contribution in [-0.2, 0) is 0 Å². The van der Waals surface area contributed by atoms with Gasteiger partial charge in [0.1, 0.15) is 12.4 Å². The molecule has 0 bridgehead atoms. The van der Waals surface area contributed by atoms with Gasteiger partial charge in [-0.3, -0.25) is 9.69 Å². The molecule has 0 saturated carbocycles. The van der Waals surface area contributed by atoms with Crippen LogP contribution in [0.15, 0.2) is 83.3 Å². The van der Waals surface area contributed by atoms with E-state index < -0.39 is 0 Å². The molecule has 0 aliphatic rings. The highest BCUT2D eigenvalue weighted by Gasteiger charge is 2.19. The molecule has 0 aliphatic heterocycles. The fraction of sp³-hybridized carbons (Fsp3) is 0.240. The van der Waals surface area contributed by atoms with Crippen LogP contribution in [-0.4, -0.2) is 37.0 Å². The van der Waals surface area contributed by atoms with Crippen molar-refractivity contribution in [2.75, 3.05) is 31.1 Å². The number of carbonyl (C=O) groups excluding carboxylic acids is 1. The number of anilines is 2. The number of benzene rings is 3. The molecule has 0 N–H and O–H groups in total. The fourth-order valence-corrected chi connectivity index (χ4v) is 3.47. The van der Waals surface area contributed by atoms with Crippen molar-refractivity contribution >= 4 is 33.2 Å². The Kier molecular flexibility index (Phi) is 8.05. The first kappa shape index (κ1) is 22.1. The number of halogens is 1. The lowest BCUT2D eigenvalue weighted by Gasteiger charge is -2.24. The van der Waals surface area contributed by atoms with Gasteiger partial charge in [-0.25, -0.2) is 0 Å². The summed E-state index contributed by atoms with van der Waals surface area (Å²) in [4.78, 5) is 17.4. The average Bonchev–Trinajstić information content (AvgIpc) is 2.79. The second kappa shape index (κ2) is 11.0. The molecule has 3 aromatic carbocycles. The maximum atomic E-state index is 13.3. The fourth-order valence-electron chi connectivity index (χ4n) is 3.21. The van der Waals surface area contributed by atoms with Gasteiger partial charge in [-0.15, -0.1) is 0 Å². The van der Waals surface area contributed by atoms with E-state index in [4.69, 9.17) is 4.74 Å². The molecule has 0 fully saturated rings. The minimum Gasteiger partial charge on any atom is -0.492 e. The van der Waals surface area contributed by atoms with Crippen molar-refractivity contribution < 1.29 is 9.53 Å². The zero-order valence-electron chi connectivity index (χ0n) is 17.4. The molecule has 4 nitrogen and oxygen atoms in total. The summed E-state index contributed by atoms with van der Waals surface area (Å²) in [5.41, 5.74) is 2.24. The Bertz CT molecular complexity index is 924. The molecule has 0 atom stereocenters. The summed E-state index contributed by atoms with van der Waals surface area (Å²) in [5, 5.41) is 0. The molecular weight excluding hydrogens is 440 g/mol. The van der Waals surface area contributed by atoms with Crippen molar-refractivity contribution in [2.24, 2.45) is 0 Å². The van der Waals surface area contributed by atoms with Gasteiger partial charge in [0, 0.05) is 28.0 Å². The number of nitrogens with zero attached hydrogens (tertiary/aromatic N) is 2. The Labute approximate surface area is 187 Å². The summed E-state index contributed by atoms with van der Waals surface area (Å²) >= 11 is 3.46. The largest absolute Gasteiger partial charge is 0.492 e. The Balaban J connectivity index is 1.81. The molecule has 156 valence electrons. The van der Waals surface area contributed by atoms with E-state index in [0.29, 0.717) is 12.2 Å². The number of hydrogen-bond acceptors (Lipinski definition) is 3. The van der Waals surface area contributed by atoms with Gasteiger partial charge in [0.25, 0.3) is 5.91 Å². The van der Waals surface area contributed by atoms with Crippen LogP contribution in [0.25, 0.3) is 0 Å². The van der Waals surface area contributed by atoms with Crippen LogP contribution in [0.3, 0.4) is 0 Å². The van der Waals surface area contributed by atoms with Crippen LogP contribution in [0.4, 0.5) is 11.4 Å². The molecule has 3 aromatic rings. The topological polar surface area (TPSA) is 32.8 Å². The van der Waals surface area contributed by atoms with Gasteiger partial charge in [0.15, 0.2) is 0 Å². The number of amides is 1. The van der Waals surface area contributed by atoms with Gasteiger partial charge in [-0.05, 0) is 73.8 Å². The van der Waals surface area contributed by atoms with E-state index in [1.165, 1.54) is 0 Å². The van der Waals surface area contributed by atoms with Crippen LogP contribution < -0.4 is 9.64 Å². The zero-order valence-corrected chi connectivity index (χ0v) is 19.0. The molecule has 0 aromatic heterocycles. The lowest BCUT2D eigenvalue weighted by Crippen LogP contribution is -2.28. The normalized spacial score (nSPS) is 10.8. The predicted octanol–water partition coefficient (Wildman–Crippen LogP) is 6.15. The van der Waals surface area contributed by atoms with Gasteiger partial charge in [0.05, 0.1) is 0 Å². The molecule has 0 aliphatic carbocycles. The number of rotatable bonds is 9. The maximum absolute atomic E-state index is 13.3. The third-order valence-electron chi connectivity index (χ3n) is 4.97. The first-order chi connectivity index (χ1) is 14.6. The quantitative estimate of drug-likeness (QED) is 0.379. The molecule has 0 unspecified atom stereocenters. The number of hydrogen-bond donors (Lipinski definition) is 0. The monoisotopic (exact) mass is 466 g/mol. The van der Waals surface area contributed by atoms with E-state index in [2.05, 4.69) is 34.7 Å². The summed E-state index contributed by atoms with van der Waals surface area (Å²) in [5.74, 6) is 0.724. The van der Waals surface area contributed by atoms with E-state index >= 15 is 0 Å².